The fraction of sp³-hybridized carbons (Fsp3) is 1.00. The molecule has 0 aromatic heterocycles. The van der Waals surface area contributed by atoms with Crippen molar-refractivity contribution in [1.29, 1.82) is 0 Å². The molecule has 13 heteroatoms. The summed E-state index contributed by atoms with van der Waals surface area (Å²) in [6, 6.07) is 0. The number of aliphatic hydroxyl groups excluding tert-OH is 1. The maximum absolute atomic E-state index is 11.8. The van der Waals surface area contributed by atoms with Crippen LogP contribution in [0.5, 0.6) is 0 Å². The summed E-state index contributed by atoms with van der Waals surface area (Å²) in [5, 5.41) is 11.8. The second-order valence-corrected chi connectivity index (χ2v) is 14.7. The summed E-state index contributed by atoms with van der Waals surface area (Å²) in [4.78, 5) is 0. The first-order valence-corrected chi connectivity index (χ1v) is 16.2. The number of rotatable bonds is 8. The van der Waals surface area contributed by atoms with Gasteiger partial charge in [-0.15, -0.1) is 0 Å². The van der Waals surface area contributed by atoms with Crippen LogP contribution in [0.15, 0.2) is 0 Å². The first-order chi connectivity index (χ1) is 16.6. The van der Waals surface area contributed by atoms with Crippen molar-refractivity contribution in [3.8, 4) is 0 Å². The molecule has 4 aliphatic rings. The van der Waals surface area contributed by atoms with Crippen molar-refractivity contribution < 1.29 is 98.5 Å². The Kier molecular flexibility index (Phi) is 12.4. The predicted octanol–water partition coefficient (Wildman–Crippen LogP) is -2.39. The van der Waals surface area contributed by atoms with E-state index in [2.05, 4.69) is 31.9 Å². The Labute approximate surface area is 273 Å². The van der Waals surface area contributed by atoms with Crippen molar-refractivity contribution in [2.75, 3.05) is 6.61 Å². The van der Waals surface area contributed by atoms with E-state index in [1.165, 1.54) is 0 Å². The molecule has 4 rings (SSSR count). The van der Waals surface area contributed by atoms with Crippen LogP contribution >= 0.6 is 0 Å². The largest absolute Gasteiger partial charge is 1.00 e. The third-order valence-corrected chi connectivity index (χ3v) is 12.1. The van der Waals surface area contributed by atoms with Gasteiger partial charge in [0.2, 0.25) is 20.8 Å². The van der Waals surface area contributed by atoms with Crippen molar-refractivity contribution in [2.24, 2.45) is 52.3 Å². The Morgan fingerprint density at radius 3 is 2.11 bits per heavy atom. The van der Waals surface area contributed by atoms with Crippen LogP contribution in [0.1, 0.15) is 85.5 Å². The topological polar surface area (TPSA) is 153 Å². The van der Waals surface area contributed by atoms with E-state index in [-0.39, 0.29) is 100 Å². The average molecular weight is 597 g/mol. The standard InChI is InChI=1S/C25H44O9S2.2Na/c1-5-17-21-14-16(34-36(30,31)32)8-11-25(21,4)20-9-12-24(3)18(6-7-19(24)22(20)23(17)26)15(2)10-13-33-35(27,28)29;;/h15-23,26H,5-14H2,1-4H3,(H,27,28,29)(H,30,31,32);;/q;2*+1/p-2/t15-,16-,17-,18-,19+,20+,21+,22+,23-,24-,25-;;/m1../s1. The van der Waals surface area contributed by atoms with Crippen LogP contribution in [0, 0.1) is 52.3 Å². The Morgan fingerprint density at radius 1 is 0.921 bits per heavy atom. The van der Waals surface area contributed by atoms with Crippen molar-refractivity contribution in [1.82, 2.24) is 0 Å². The molecular weight excluding hydrogens is 554 g/mol. The molecule has 0 radical (unpaired) electrons. The van der Waals surface area contributed by atoms with Crippen molar-refractivity contribution in [3.63, 3.8) is 0 Å². The van der Waals surface area contributed by atoms with E-state index in [1.54, 1.807) is 0 Å². The number of hydrogen-bond acceptors (Lipinski definition) is 9. The molecule has 0 aromatic rings. The molecule has 0 saturated heterocycles. The van der Waals surface area contributed by atoms with E-state index in [0.29, 0.717) is 37.0 Å². The van der Waals surface area contributed by atoms with E-state index in [0.717, 1.165) is 38.5 Å². The van der Waals surface area contributed by atoms with Gasteiger partial charge >= 0.3 is 59.1 Å². The quantitative estimate of drug-likeness (QED) is 0.184. The van der Waals surface area contributed by atoms with Gasteiger partial charge in [-0.3, -0.25) is 8.37 Å². The van der Waals surface area contributed by atoms with Crippen LogP contribution in [0.4, 0.5) is 0 Å². The van der Waals surface area contributed by atoms with E-state index in [1.807, 2.05) is 0 Å². The first-order valence-electron chi connectivity index (χ1n) is 13.5. The fourth-order valence-corrected chi connectivity index (χ4v) is 10.5. The van der Waals surface area contributed by atoms with Gasteiger partial charge in [-0.05, 0) is 104 Å². The van der Waals surface area contributed by atoms with Gasteiger partial charge in [0.1, 0.15) is 0 Å². The summed E-state index contributed by atoms with van der Waals surface area (Å²) in [7, 11) is -9.45. The van der Waals surface area contributed by atoms with Gasteiger partial charge in [-0.25, -0.2) is 16.8 Å². The van der Waals surface area contributed by atoms with Crippen LogP contribution in [-0.2, 0) is 29.2 Å². The normalized spacial score (nSPS) is 43.6. The Hall–Kier alpha value is 1.70. The molecule has 1 N–H and O–H groups in total. The first kappa shape index (κ1) is 35.9. The van der Waals surface area contributed by atoms with Gasteiger partial charge < -0.3 is 14.2 Å². The van der Waals surface area contributed by atoms with Crippen molar-refractivity contribution in [2.45, 2.75) is 97.7 Å². The molecule has 4 fully saturated rings. The van der Waals surface area contributed by atoms with Crippen molar-refractivity contribution >= 4 is 20.8 Å². The fourth-order valence-electron chi connectivity index (χ4n) is 9.71. The van der Waals surface area contributed by atoms with Crippen LogP contribution in [0.3, 0.4) is 0 Å². The molecule has 0 unspecified atom stereocenters. The minimum absolute atomic E-state index is 0. The maximum atomic E-state index is 11.8. The third kappa shape index (κ3) is 7.08. The summed E-state index contributed by atoms with van der Waals surface area (Å²) >= 11 is 0. The van der Waals surface area contributed by atoms with E-state index < -0.39 is 33.0 Å². The SMILES string of the molecule is CC[C@H]1[C@@H](O)[C@@H]2[C@H](CC[C@]3(C)[C@@H]([C@H](C)CCOS(=O)(=O)[O-])CC[C@@H]23)[C@@]2(C)CC[C@@H](OS(=O)(=O)[O-])C[C@@H]12.[Na+].[Na+]. The second-order valence-electron chi connectivity index (χ2n) is 12.6. The smallest absolute Gasteiger partial charge is 0.726 e. The summed E-state index contributed by atoms with van der Waals surface area (Å²) in [6.45, 7) is 8.73. The van der Waals surface area contributed by atoms with Crippen LogP contribution < -0.4 is 59.1 Å². The number of hydrogen-bond donors (Lipinski definition) is 1. The molecule has 0 bridgehead atoms. The molecule has 210 valence electrons. The zero-order chi connectivity index (χ0) is 26.7. The molecule has 4 saturated carbocycles. The zero-order valence-electron chi connectivity index (χ0n) is 23.8. The molecule has 0 aliphatic heterocycles. The van der Waals surface area contributed by atoms with Gasteiger partial charge in [0.25, 0.3) is 0 Å². The van der Waals surface area contributed by atoms with Crippen LogP contribution in [0.25, 0.3) is 0 Å². The molecule has 0 aromatic carbocycles. The Bertz CT molecular complexity index is 1030. The number of aliphatic hydroxyl groups is 1. The van der Waals surface area contributed by atoms with E-state index in [4.69, 9.17) is 4.18 Å². The summed E-state index contributed by atoms with van der Waals surface area (Å²) in [5.74, 6) is 1.52. The monoisotopic (exact) mass is 596 g/mol. The molecule has 38 heavy (non-hydrogen) atoms. The van der Waals surface area contributed by atoms with Gasteiger partial charge in [-0.1, -0.05) is 34.1 Å². The predicted molar refractivity (Wildman–Crippen MR) is 130 cm³/mol. The van der Waals surface area contributed by atoms with Gasteiger partial charge in [0.15, 0.2) is 0 Å². The number of fused-ring (bicyclic) bond motifs is 5. The minimum Gasteiger partial charge on any atom is -0.726 e. The molecule has 0 spiro atoms. The molecule has 0 heterocycles. The zero-order valence-corrected chi connectivity index (χ0v) is 29.4. The van der Waals surface area contributed by atoms with Gasteiger partial charge in [-0.2, -0.15) is 0 Å². The average Bonchev–Trinajstić information content (AvgIpc) is 3.10. The van der Waals surface area contributed by atoms with Crippen molar-refractivity contribution in [3.05, 3.63) is 0 Å². The van der Waals surface area contributed by atoms with E-state index in [9.17, 15) is 31.0 Å². The molecule has 11 atom stereocenters. The maximum Gasteiger partial charge on any atom is 1.00 e. The van der Waals surface area contributed by atoms with Gasteiger partial charge in [0, 0.05) is 0 Å². The Balaban J connectivity index is 0.00000253. The Morgan fingerprint density at radius 2 is 1.53 bits per heavy atom. The van der Waals surface area contributed by atoms with Crippen LogP contribution in [0.2, 0.25) is 0 Å². The van der Waals surface area contributed by atoms with E-state index >= 15 is 0 Å². The summed E-state index contributed by atoms with van der Waals surface area (Å²) in [5.41, 5.74) is -0.0191. The van der Waals surface area contributed by atoms with Gasteiger partial charge in [0.05, 0.1) is 18.8 Å². The molecule has 4 aliphatic carbocycles. The molecule has 9 nitrogen and oxygen atoms in total. The van der Waals surface area contributed by atoms with Crippen LogP contribution in [-0.4, -0.2) is 49.9 Å². The third-order valence-electron chi connectivity index (χ3n) is 11.2. The second kappa shape index (κ2) is 13.1. The molecular formula is C25H42Na2O9S2. The summed E-state index contributed by atoms with van der Waals surface area (Å²) in [6.07, 6.45) is 6.02. The molecule has 0 amide bonds. The summed E-state index contributed by atoms with van der Waals surface area (Å²) < 4.78 is 75.7. The minimum atomic E-state index is -4.76.